The van der Waals surface area contributed by atoms with Gasteiger partial charge in [-0.15, -0.1) is 5.92 Å². The third-order valence-electron chi connectivity index (χ3n) is 3.00. The number of hydrogen-bond acceptors (Lipinski definition) is 4. The molecule has 22 heavy (non-hydrogen) atoms. The van der Waals surface area contributed by atoms with E-state index >= 15 is 0 Å². The van der Waals surface area contributed by atoms with E-state index in [-0.39, 0.29) is 11.7 Å². The number of amides is 1. The van der Waals surface area contributed by atoms with E-state index in [0.717, 1.165) is 10.9 Å². The first-order valence-corrected chi connectivity index (χ1v) is 6.63. The summed E-state index contributed by atoms with van der Waals surface area (Å²) < 4.78 is 10.6. The van der Waals surface area contributed by atoms with Gasteiger partial charge in [0.25, 0.3) is 5.91 Å². The Morgan fingerprint density at radius 1 is 1.45 bits per heavy atom. The Kier molecular flexibility index (Phi) is 3.79. The summed E-state index contributed by atoms with van der Waals surface area (Å²) >= 11 is 0. The quantitative estimate of drug-likeness (QED) is 0.725. The van der Waals surface area contributed by atoms with Crippen LogP contribution in [0.15, 0.2) is 41.0 Å². The normalized spacial score (nSPS) is 10.0. The molecule has 0 unspecified atom stereocenters. The summed E-state index contributed by atoms with van der Waals surface area (Å²) in [6, 6.07) is 8.68. The van der Waals surface area contributed by atoms with Crippen LogP contribution in [0.1, 0.15) is 17.5 Å². The van der Waals surface area contributed by atoms with Crippen LogP contribution < -0.4 is 10.1 Å². The molecule has 1 aromatic carbocycles. The zero-order chi connectivity index (χ0) is 15.4. The first-order valence-electron chi connectivity index (χ1n) is 6.63. The van der Waals surface area contributed by atoms with Gasteiger partial charge in [-0.1, -0.05) is 5.92 Å². The van der Waals surface area contributed by atoms with Crippen molar-refractivity contribution >= 4 is 22.6 Å². The van der Waals surface area contributed by atoms with Gasteiger partial charge < -0.3 is 14.5 Å². The molecule has 0 aliphatic rings. The van der Waals surface area contributed by atoms with Crippen LogP contribution in [0.2, 0.25) is 0 Å². The van der Waals surface area contributed by atoms with Gasteiger partial charge in [-0.3, -0.25) is 9.89 Å². The Balaban J connectivity index is 1.84. The number of benzene rings is 1. The fourth-order valence-corrected chi connectivity index (χ4v) is 1.95. The molecule has 2 N–H and O–H groups in total. The van der Waals surface area contributed by atoms with E-state index in [1.807, 2.05) is 12.1 Å². The van der Waals surface area contributed by atoms with Crippen molar-refractivity contribution in [1.29, 1.82) is 0 Å². The maximum Gasteiger partial charge on any atom is 0.292 e. The highest BCUT2D eigenvalue weighted by Gasteiger charge is 2.13. The van der Waals surface area contributed by atoms with Crippen molar-refractivity contribution < 1.29 is 13.9 Å². The number of nitrogens with zero attached hydrogens (tertiary/aromatic N) is 1. The Morgan fingerprint density at radius 3 is 3.14 bits per heavy atom. The number of nitrogens with one attached hydrogen (secondary N) is 2. The molecule has 0 atom stereocenters. The number of fused-ring (bicyclic) bond motifs is 1. The van der Waals surface area contributed by atoms with Crippen LogP contribution in [0, 0.1) is 11.8 Å². The molecular weight excluding hydrogens is 282 g/mol. The molecule has 0 fully saturated rings. The van der Waals surface area contributed by atoms with Crippen molar-refractivity contribution in [3.8, 4) is 17.6 Å². The van der Waals surface area contributed by atoms with Crippen molar-refractivity contribution in [2.45, 2.75) is 6.92 Å². The predicted molar refractivity (Wildman–Crippen MR) is 81.7 cm³/mol. The third kappa shape index (κ3) is 2.79. The molecule has 0 spiro atoms. The summed E-state index contributed by atoms with van der Waals surface area (Å²) in [4.78, 5) is 12.0. The van der Waals surface area contributed by atoms with Crippen LogP contribution in [0.25, 0.3) is 10.9 Å². The second kappa shape index (κ2) is 6.06. The zero-order valence-electron chi connectivity index (χ0n) is 11.8. The molecule has 110 valence electrons. The Morgan fingerprint density at radius 2 is 2.36 bits per heavy atom. The minimum Gasteiger partial charge on any atom is -0.481 e. The zero-order valence-corrected chi connectivity index (χ0v) is 11.8. The topological polar surface area (TPSA) is 80.1 Å². The lowest BCUT2D eigenvalue weighted by Crippen LogP contribution is -2.11. The van der Waals surface area contributed by atoms with Crippen LogP contribution in [-0.4, -0.2) is 22.7 Å². The lowest BCUT2D eigenvalue weighted by Gasteiger charge is -2.03. The fourth-order valence-electron chi connectivity index (χ4n) is 1.95. The monoisotopic (exact) mass is 295 g/mol. The van der Waals surface area contributed by atoms with E-state index < -0.39 is 0 Å². The maximum absolute atomic E-state index is 12.0. The summed E-state index contributed by atoms with van der Waals surface area (Å²) in [6.07, 6.45) is 1.44. The predicted octanol–water partition coefficient (Wildman–Crippen LogP) is 2.81. The van der Waals surface area contributed by atoms with Gasteiger partial charge in [0, 0.05) is 5.39 Å². The van der Waals surface area contributed by atoms with Crippen LogP contribution in [0.5, 0.6) is 5.75 Å². The lowest BCUT2D eigenvalue weighted by molar-refractivity contribution is 0.0996. The Bertz CT molecular complexity index is 854. The maximum atomic E-state index is 12.0. The molecule has 0 radical (unpaired) electrons. The summed E-state index contributed by atoms with van der Waals surface area (Å²) in [5.74, 6) is 6.53. The molecule has 0 saturated carbocycles. The van der Waals surface area contributed by atoms with Crippen LogP contribution in [0.3, 0.4) is 0 Å². The van der Waals surface area contributed by atoms with Crippen molar-refractivity contribution in [1.82, 2.24) is 10.2 Å². The first kappa shape index (κ1) is 13.8. The number of carbonyl (C=O) groups is 1. The Hall–Kier alpha value is -3.20. The second-order valence-electron chi connectivity index (χ2n) is 4.43. The van der Waals surface area contributed by atoms with E-state index in [0.29, 0.717) is 18.2 Å². The number of aromatic nitrogens is 2. The summed E-state index contributed by atoms with van der Waals surface area (Å²) in [6.45, 7) is 2.07. The summed E-state index contributed by atoms with van der Waals surface area (Å²) in [7, 11) is 0. The van der Waals surface area contributed by atoms with Gasteiger partial charge in [-0.05, 0) is 37.3 Å². The van der Waals surface area contributed by atoms with E-state index in [2.05, 4.69) is 27.4 Å². The van der Waals surface area contributed by atoms with E-state index in [1.165, 1.54) is 6.26 Å². The number of furan rings is 1. The van der Waals surface area contributed by atoms with Crippen LogP contribution in [-0.2, 0) is 0 Å². The largest absolute Gasteiger partial charge is 0.481 e. The van der Waals surface area contributed by atoms with E-state index in [1.54, 1.807) is 25.1 Å². The van der Waals surface area contributed by atoms with Crippen molar-refractivity contribution in [3.63, 3.8) is 0 Å². The molecule has 6 heteroatoms. The number of ether oxygens (including phenoxy) is 1. The van der Waals surface area contributed by atoms with E-state index in [9.17, 15) is 4.79 Å². The highest BCUT2D eigenvalue weighted by Crippen LogP contribution is 2.25. The molecule has 3 aromatic rings. The third-order valence-corrected chi connectivity index (χ3v) is 3.00. The number of anilines is 1. The molecule has 0 saturated heterocycles. The smallest absolute Gasteiger partial charge is 0.292 e. The minimum atomic E-state index is -0.360. The highest BCUT2D eigenvalue weighted by molar-refractivity contribution is 6.06. The minimum absolute atomic E-state index is 0.224. The van der Waals surface area contributed by atoms with Gasteiger partial charge >= 0.3 is 0 Å². The summed E-state index contributed by atoms with van der Waals surface area (Å²) in [5.41, 5.74) is 0.795. The average molecular weight is 295 g/mol. The molecular formula is C16H13N3O3. The van der Waals surface area contributed by atoms with Gasteiger partial charge in [0.05, 0.1) is 11.8 Å². The lowest BCUT2D eigenvalue weighted by atomic mass is 10.2. The van der Waals surface area contributed by atoms with Crippen LogP contribution in [0.4, 0.5) is 5.82 Å². The Labute approximate surface area is 126 Å². The standard InChI is InChI=1S/C16H13N3O3/c1-2-3-8-21-11-6-7-13-12(10-11)15(19-18-13)17-16(20)14-5-4-9-22-14/h4-7,9-10H,8H2,1H3,(H2,17,18,19,20). The number of rotatable bonds is 4. The molecule has 3 rings (SSSR count). The van der Waals surface area contributed by atoms with Gasteiger partial charge in [0.15, 0.2) is 11.6 Å². The van der Waals surface area contributed by atoms with Crippen molar-refractivity contribution in [3.05, 3.63) is 42.4 Å². The van der Waals surface area contributed by atoms with Gasteiger partial charge in [-0.25, -0.2) is 0 Å². The molecule has 0 aliphatic heterocycles. The molecule has 6 nitrogen and oxygen atoms in total. The molecule has 0 bridgehead atoms. The van der Waals surface area contributed by atoms with Gasteiger partial charge in [0.2, 0.25) is 0 Å². The number of H-pyrrole nitrogens is 1. The highest BCUT2D eigenvalue weighted by atomic mass is 16.5. The van der Waals surface area contributed by atoms with Gasteiger partial charge in [0.1, 0.15) is 12.4 Å². The molecule has 1 amide bonds. The van der Waals surface area contributed by atoms with Crippen molar-refractivity contribution in [2.24, 2.45) is 0 Å². The molecule has 2 heterocycles. The summed E-state index contributed by atoms with van der Waals surface area (Å²) in [5, 5.41) is 10.4. The molecule has 0 aliphatic carbocycles. The number of hydrogen-bond donors (Lipinski definition) is 2. The SMILES string of the molecule is CC#CCOc1ccc2[nH]nc(NC(=O)c3ccco3)c2c1. The second-order valence-corrected chi connectivity index (χ2v) is 4.43. The molecule has 2 aromatic heterocycles. The fraction of sp³-hybridized carbons (Fsp3) is 0.125. The number of aromatic amines is 1. The number of carbonyl (C=O) groups excluding carboxylic acids is 1. The van der Waals surface area contributed by atoms with E-state index in [4.69, 9.17) is 9.15 Å². The van der Waals surface area contributed by atoms with Crippen molar-refractivity contribution in [2.75, 3.05) is 11.9 Å². The van der Waals surface area contributed by atoms with Crippen LogP contribution >= 0.6 is 0 Å². The van der Waals surface area contributed by atoms with Gasteiger partial charge in [-0.2, -0.15) is 5.10 Å². The first-order chi connectivity index (χ1) is 10.8. The average Bonchev–Trinajstić information content (AvgIpc) is 3.18.